The molecule has 90 valence electrons. The second-order valence-corrected chi connectivity index (χ2v) is 6.02. The van der Waals surface area contributed by atoms with E-state index < -0.39 is 11.9 Å². The molecule has 2 nitrogen and oxygen atoms in total. The van der Waals surface area contributed by atoms with Crippen LogP contribution >= 0.6 is 38.9 Å². The van der Waals surface area contributed by atoms with Crippen LogP contribution in [0.1, 0.15) is 21.5 Å². The van der Waals surface area contributed by atoms with Gasteiger partial charge in [-0.1, -0.05) is 17.7 Å². The third-order valence-electron chi connectivity index (χ3n) is 2.35. The molecule has 17 heavy (non-hydrogen) atoms. The van der Waals surface area contributed by atoms with Gasteiger partial charge in [0.1, 0.15) is 5.82 Å². The highest BCUT2D eigenvalue weighted by atomic mass is 79.9. The molecule has 0 aliphatic carbocycles. The normalized spacial score (nSPS) is 12.8. The number of thiazole rings is 1. The minimum absolute atomic E-state index is 0.0548. The zero-order chi connectivity index (χ0) is 12.6. The van der Waals surface area contributed by atoms with E-state index in [-0.39, 0.29) is 5.02 Å². The molecule has 1 atom stereocenters. The molecule has 1 aromatic heterocycles. The van der Waals surface area contributed by atoms with E-state index in [9.17, 15) is 4.39 Å². The van der Waals surface area contributed by atoms with E-state index in [1.54, 1.807) is 18.3 Å². The molecular weight excluding hydrogens is 327 g/mol. The van der Waals surface area contributed by atoms with Crippen molar-refractivity contribution in [3.63, 3.8) is 0 Å². The maximum Gasteiger partial charge on any atom is 0.148 e. The van der Waals surface area contributed by atoms with Gasteiger partial charge in [0.25, 0.3) is 0 Å². The summed E-state index contributed by atoms with van der Waals surface area (Å²) in [6.07, 6.45) is 1.67. The molecule has 1 unspecified atom stereocenters. The van der Waals surface area contributed by atoms with Crippen LogP contribution in [0.25, 0.3) is 0 Å². The summed E-state index contributed by atoms with van der Waals surface area (Å²) < 4.78 is 14.5. The SMILES string of the molecule is Cc1ncc(C(N)c2ccc(Br)c(Cl)c2F)s1. The number of aryl methyl sites for hydroxylation is 1. The third-order valence-corrected chi connectivity index (χ3v) is 4.60. The van der Waals surface area contributed by atoms with E-state index in [2.05, 4.69) is 20.9 Å². The lowest BCUT2D eigenvalue weighted by Gasteiger charge is -2.12. The molecule has 2 N–H and O–H groups in total. The lowest BCUT2D eigenvalue weighted by Crippen LogP contribution is -2.12. The van der Waals surface area contributed by atoms with Gasteiger partial charge in [0.05, 0.1) is 16.1 Å². The molecule has 0 aliphatic heterocycles. The Morgan fingerprint density at radius 2 is 2.24 bits per heavy atom. The van der Waals surface area contributed by atoms with Gasteiger partial charge in [0.2, 0.25) is 0 Å². The molecule has 0 aliphatic rings. The van der Waals surface area contributed by atoms with Gasteiger partial charge in [0.15, 0.2) is 0 Å². The first kappa shape index (κ1) is 13.0. The third kappa shape index (κ3) is 2.52. The summed E-state index contributed by atoms with van der Waals surface area (Å²) in [6.45, 7) is 1.88. The first-order valence-corrected chi connectivity index (χ1v) is 6.80. The maximum absolute atomic E-state index is 13.9. The molecule has 0 amide bonds. The molecule has 1 aromatic carbocycles. The van der Waals surface area contributed by atoms with E-state index in [1.807, 2.05) is 6.92 Å². The minimum atomic E-state index is -0.535. The van der Waals surface area contributed by atoms with Crippen LogP contribution in [-0.2, 0) is 0 Å². The standard InChI is InChI=1S/C11H9BrClFN2S/c1-5-16-4-8(17-5)11(15)6-2-3-7(12)9(13)10(6)14/h2-4,11H,15H2,1H3. The monoisotopic (exact) mass is 334 g/mol. The van der Waals surface area contributed by atoms with Crippen molar-refractivity contribution in [1.29, 1.82) is 0 Å². The Labute approximate surface area is 116 Å². The van der Waals surface area contributed by atoms with Crippen LogP contribution in [0.5, 0.6) is 0 Å². The van der Waals surface area contributed by atoms with Crippen LogP contribution in [0.3, 0.4) is 0 Å². The summed E-state index contributed by atoms with van der Waals surface area (Å²) >= 11 is 10.4. The second kappa shape index (κ2) is 5.02. The number of halogens is 3. The largest absolute Gasteiger partial charge is 0.319 e. The average Bonchev–Trinajstić information content (AvgIpc) is 2.72. The van der Waals surface area contributed by atoms with Crippen molar-refractivity contribution in [1.82, 2.24) is 4.98 Å². The van der Waals surface area contributed by atoms with Gasteiger partial charge in [-0.25, -0.2) is 9.37 Å². The van der Waals surface area contributed by atoms with Crippen molar-refractivity contribution in [3.8, 4) is 0 Å². The number of benzene rings is 1. The topological polar surface area (TPSA) is 38.9 Å². The lowest BCUT2D eigenvalue weighted by molar-refractivity contribution is 0.600. The Kier molecular flexibility index (Phi) is 3.82. The molecule has 0 spiro atoms. The molecule has 6 heteroatoms. The molecule has 0 saturated carbocycles. The Bertz CT molecular complexity index is 558. The van der Waals surface area contributed by atoms with Crippen LogP contribution in [0.2, 0.25) is 5.02 Å². The summed E-state index contributed by atoms with van der Waals surface area (Å²) in [5, 5.41) is 0.957. The predicted molar refractivity (Wildman–Crippen MR) is 72.0 cm³/mol. The summed E-state index contributed by atoms with van der Waals surface area (Å²) in [4.78, 5) is 4.93. The first-order valence-electron chi connectivity index (χ1n) is 4.82. The van der Waals surface area contributed by atoms with Gasteiger partial charge in [-0.05, 0) is 28.9 Å². The van der Waals surface area contributed by atoms with Crippen molar-refractivity contribution < 1.29 is 4.39 Å². The quantitative estimate of drug-likeness (QED) is 0.841. The van der Waals surface area contributed by atoms with E-state index in [4.69, 9.17) is 17.3 Å². The van der Waals surface area contributed by atoms with Crippen LogP contribution in [0.4, 0.5) is 4.39 Å². The number of hydrogen-bond acceptors (Lipinski definition) is 3. The second-order valence-electron chi connectivity index (χ2n) is 3.52. The van der Waals surface area contributed by atoms with Crippen molar-refractivity contribution in [2.75, 3.05) is 0 Å². The summed E-state index contributed by atoms with van der Waals surface area (Å²) in [7, 11) is 0. The van der Waals surface area contributed by atoms with Crippen molar-refractivity contribution >= 4 is 38.9 Å². The predicted octanol–water partition coefficient (Wildman–Crippen LogP) is 4.05. The molecule has 2 rings (SSSR count). The molecule has 0 saturated heterocycles. The Hall–Kier alpha value is -0.490. The van der Waals surface area contributed by atoms with Gasteiger partial charge in [-0.3, -0.25) is 0 Å². The van der Waals surface area contributed by atoms with E-state index in [1.165, 1.54) is 11.3 Å². The fourth-order valence-electron chi connectivity index (χ4n) is 1.46. The molecule has 0 radical (unpaired) electrons. The molecule has 1 heterocycles. The number of nitrogens with two attached hydrogens (primary N) is 1. The van der Waals surface area contributed by atoms with Gasteiger partial charge >= 0.3 is 0 Å². The van der Waals surface area contributed by atoms with Crippen molar-refractivity contribution in [2.24, 2.45) is 5.73 Å². The van der Waals surface area contributed by atoms with Crippen LogP contribution in [-0.4, -0.2) is 4.98 Å². The van der Waals surface area contributed by atoms with Crippen molar-refractivity contribution in [2.45, 2.75) is 13.0 Å². The Morgan fingerprint density at radius 1 is 1.53 bits per heavy atom. The molecule has 0 fully saturated rings. The highest BCUT2D eigenvalue weighted by Crippen LogP contribution is 2.33. The Balaban J connectivity index is 2.44. The average molecular weight is 336 g/mol. The number of aromatic nitrogens is 1. The number of nitrogens with zero attached hydrogens (tertiary/aromatic N) is 1. The fourth-order valence-corrected chi connectivity index (χ4v) is 2.74. The van der Waals surface area contributed by atoms with Crippen LogP contribution in [0, 0.1) is 12.7 Å². The Morgan fingerprint density at radius 3 is 2.82 bits per heavy atom. The molecule has 0 bridgehead atoms. The summed E-state index contributed by atoms with van der Waals surface area (Å²) in [5.41, 5.74) is 6.38. The highest BCUT2D eigenvalue weighted by molar-refractivity contribution is 9.10. The highest BCUT2D eigenvalue weighted by Gasteiger charge is 2.19. The minimum Gasteiger partial charge on any atom is -0.319 e. The fraction of sp³-hybridized carbons (Fsp3) is 0.182. The van der Waals surface area contributed by atoms with Gasteiger partial charge in [-0.15, -0.1) is 11.3 Å². The molecular formula is C11H9BrClFN2S. The van der Waals surface area contributed by atoms with Crippen LogP contribution in [0.15, 0.2) is 22.8 Å². The van der Waals surface area contributed by atoms with Crippen LogP contribution < -0.4 is 5.73 Å². The zero-order valence-electron chi connectivity index (χ0n) is 8.88. The van der Waals surface area contributed by atoms with Gasteiger partial charge in [-0.2, -0.15) is 0 Å². The number of rotatable bonds is 2. The lowest BCUT2D eigenvalue weighted by atomic mass is 10.1. The number of hydrogen-bond donors (Lipinski definition) is 1. The van der Waals surface area contributed by atoms with E-state index in [0.29, 0.717) is 10.0 Å². The smallest absolute Gasteiger partial charge is 0.148 e. The first-order chi connectivity index (χ1) is 8.00. The van der Waals surface area contributed by atoms with Gasteiger partial charge < -0.3 is 5.73 Å². The van der Waals surface area contributed by atoms with Gasteiger partial charge in [0, 0.05) is 21.1 Å². The summed E-state index contributed by atoms with van der Waals surface area (Å²) in [5.74, 6) is -0.486. The zero-order valence-corrected chi connectivity index (χ0v) is 12.0. The van der Waals surface area contributed by atoms with E-state index >= 15 is 0 Å². The molecule has 2 aromatic rings. The maximum atomic E-state index is 13.9. The summed E-state index contributed by atoms with van der Waals surface area (Å²) in [6, 6.07) is 2.78. The van der Waals surface area contributed by atoms with E-state index in [0.717, 1.165) is 9.88 Å². The van der Waals surface area contributed by atoms with Crippen molar-refractivity contribution in [3.05, 3.63) is 49.1 Å².